The van der Waals surface area contributed by atoms with E-state index in [0.717, 1.165) is 11.1 Å². The van der Waals surface area contributed by atoms with E-state index in [4.69, 9.17) is 9.47 Å². The van der Waals surface area contributed by atoms with Gasteiger partial charge in [0.25, 0.3) is 0 Å². The lowest BCUT2D eigenvalue weighted by molar-refractivity contribution is 0.398. The van der Waals surface area contributed by atoms with Crippen LogP contribution in [0.15, 0.2) is 99.5 Å². The Hall–Kier alpha value is -4.16. The predicted molar refractivity (Wildman–Crippen MR) is 148 cm³/mol. The molecular weight excluding hydrogens is 484 g/mol. The molecule has 37 heavy (non-hydrogen) atoms. The van der Waals surface area contributed by atoms with E-state index in [9.17, 15) is 13.2 Å². The highest BCUT2D eigenvalue weighted by atomic mass is 32.2. The van der Waals surface area contributed by atoms with Gasteiger partial charge in [-0.25, -0.2) is 8.42 Å². The second-order valence-electron chi connectivity index (χ2n) is 9.02. The summed E-state index contributed by atoms with van der Waals surface area (Å²) in [5.74, 6) is 0.943. The van der Waals surface area contributed by atoms with Crippen molar-refractivity contribution in [2.24, 2.45) is 0 Å². The number of methoxy groups -OCH3 is 2. The topological polar surface area (TPSA) is 69.7 Å². The van der Waals surface area contributed by atoms with E-state index in [2.05, 4.69) is 0 Å². The molecule has 0 N–H and O–H groups in total. The van der Waals surface area contributed by atoms with Gasteiger partial charge in [-0.05, 0) is 48.4 Å². The zero-order chi connectivity index (χ0) is 26.3. The number of fused-ring (bicyclic) bond motifs is 3. The molecule has 6 heteroatoms. The second-order valence-corrected chi connectivity index (χ2v) is 10.9. The largest absolute Gasteiger partial charge is 0.497 e. The zero-order valence-corrected chi connectivity index (χ0v) is 21.8. The molecule has 5 nitrogen and oxygen atoms in total. The third-order valence-corrected chi connectivity index (χ3v) is 8.40. The maximum atomic E-state index is 14.3. The number of sulfone groups is 1. The highest BCUT2D eigenvalue weighted by molar-refractivity contribution is 7.91. The Bertz CT molecular complexity index is 1840. The highest BCUT2D eigenvalue weighted by Crippen LogP contribution is 2.43. The Morgan fingerprint density at radius 3 is 2.03 bits per heavy atom. The minimum Gasteiger partial charge on any atom is -0.497 e. The van der Waals surface area contributed by atoms with Crippen molar-refractivity contribution in [1.29, 1.82) is 0 Å². The maximum Gasteiger partial charge on any atom is 0.211 e. The van der Waals surface area contributed by atoms with Crippen LogP contribution in [0.25, 0.3) is 32.7 Å². The van der Waals surface area contributed by atoms with Gasteiger partial charge in [0, 0.05) is 22.4 Å². The summed E-state index contributed by atoms with van der Waals surface area (Å²) in [6.07, 6.45) is 0. The fourth-order valence-corrected chi connectivity index (χ4v) is 6.35. The van der Waals surface area contributed by atoms with Gasteiger partial charge in [0.1, 0.15) is 16.4 Å². The average molecular weight is 511 g/mol. The van der Waals surface area contributed by atoms with E-state index in [-0.39, 0.29) is 9.79 Å². The van der Waals surface area contributed by atoms with E-state index in [1.807, 2.05) is 56.3 Å². The first-order valence-corrected chi connectivity index (χ1v) is 13.3. The van der Waals surface area contributed by atoms with Gasteiger partial charge in [0.05, 0.1) is 19.1 Å². The van der Waals surface area contributed by atoms with Crippen molar-refractivity contribution < 1.29 is 17.9 Å². The molecule has 0 unspecified atom stereocenters. The van der Waals surface area contributed by atoms with Crippen LogP contribution in [0.4, 0.5) is 0 Å². The lowest BCUT2D eigenvalue weighted by atomic mass is 9.98. The predicted octanol–water partition coefficient (Wildman–Crippen LogP) is 6.49. The SMILES string of the molecule is COc1cc(OC)c2c(-c3cccc(C)c3)c(S(=O)(=O)c3ccc(C)cc3)c(=O)c3ccccc3c2c1. The van der Waals surface area contributed by atoms with Crippen molar-refractivity contribution in [2.45, 2.75) is 23.6 Å². The van der Waals surface area contributed by atoms with Gasteiger partial charge < -0.3 is 9.47 Å². The minimum atomic E-state index is -4.24. The average Bonchev–Trinajstić information content (AvgIpc) is 3.01. The Labute approximate surface area is 215 Å². The lowest BCUT2D eigenvalue weighted by Crippen LogP contribution is -2.15. The molecule has 5 rings (SSSR count). The summed E-state index contributed by atoms with van der Waals surface area (Å²) in [6.45, 7) is 3.81. The summed E-state index contributed by atoms with van der Waals surface area (Å²) in [4.78, 5) is 14.1. The maximum absolute atomic E-state index is 14.3. The number of hydrogen-bond acceptors (Lipinski definition) is 5. The van der Waals surface area contributed by atoms with Crippen LogP contribution in [0.3, 0.4) is 0 Å². The van der Waals surface area contributed by atoms with Gasteiger partial charge >= 0.3 is 0 Å². The summed E-state index contributed by atoms with van der Waals surface area (Å²) in [7, 11) is -1.17. The van der Waals surface area contributed by atoms with E-state index in [1.54, 1.807) is 49.6 Å². The third kappa shape index (κ3) is 4.13. The molecule has 0 atom stereocenters. The van der Waals surface area contributed by atoms with E-state index in [1.165, 1.54) is 7.11 Å². The molecule has 186 valence electrons. The summed E-state index contributed by atoms with van der Waals surface area (Å²) in [6, 6.07) is 24.6. The molecule has 5 aromatic carbocycles. The van der Waals surface area contributed by atoms with Crippen LogP contribution in [-0.2, 0) is 9.84 Å². The summed E-state index contributed by atoms with van der Waals surface area (Å²) in [5.41, 5.74) is 2.20. The minimum absolute atomic E-state index is 0.0556. The second kappa shape index (κ2) is 9.37. The van der Waals surface area contributed by atoms with Crippen LogP contribution < -0.4 is 14.9 Å². The Balaban J connectivity index is 2.15. The Morgan fingerprint density at radius 1 is 0.676 bits per heavy atom. The Morgan fingerprint density at radius 2 is 1.38 bits per heavy atom. The lowest BCUT2D eigenvalue weighted by Gasteiger charge is -2.15. The van der Waals surface area contributed by atoms with Crippen LogP contribution in [0.5, 0.6) is 11.5 Å². The van der Waals surface area contributed by atoms with E-state index < -0.39 is 15.3 Å². The van der Waals surface area contributed by atoms with Gasteiger partial charge in [0.2, 0.25) is 15.3 Å². The molecule has 0 bridgehead atoms. The number of benzene rings is 4. The molecule has 0 spiro atoms. The van der Waals surface area contributed by atoms with Gasteiger partial charge in [-0.15, -0.1) is 0 Å². The third-order valence-electron chi connectivity index (χ3n) is 6.58. The van der Waals surface area contributed by atoms with Crippen molar-refractivity contribution >= 4 is 31.4 Å². The van der Waals surface area contributed by atoms with Crippen LogP contribution in [0.2, 0.25) is 0 Å². The monoisotopic (exact) mass is 510 g/mol. The fraction of sp³-hybridized carbons (Fsp3) is 0.129. The fourth-order valence-electron chi connectivity index (χ4n) is 4.77. The summed E-state index contributed by atoms with van der Waals surface area (Å²) >= 11 is 0. The molecular formula is C31H26O5S. The number of ether oxygens (including phenoxy) is 2. The first-order chi connectivity index (χ1) is 17.8. The van der Waals surface area contributed by atoms with Crippen LogP contribution >= 0.6 is 0 Å². The molecule has 0 aliphatic rings. The van der Waals surface area contributed by atoms with Crippen molar-refractivity contribution in [2.75, 3.05) is 14.2 Å². The van der Waals surface area contributed by atoms with Crippen LogP contribution in [-0.4, -0.2) is 22.6 Å². The summed E-state index contributed by atoms with van der Waals surface area (Å²) in [5, 5.41) is 2.09. The molecule has 5 aromatic rings. The standard InChI is InChI=1S/C31H26O5S/c1-19-12-14-23(15-13-19)37(33,34)31-28(21-9-7-8-20(2)16-21)29-26(17-22(35-3)18-27(29)36-4)24-10-5-6-11-25(24)30(31)32/h5-18H,1-4H3. The molecule has 0 saturated carbocycles. The molecule has 0 amide bonds. The smallest absolute Gasteiger partial charge is 0.211 e. The van der Waals surface area contributed by atoms with Gasteiger partial charge in [-0.2, -0.15) is 0 Å². The number of hydrogen-bond donors (Lipinski definition) is 0. The molecule has 0 radical (unpaired) electrons. The van der Waals surface area contributed by atoms with Crippen LogP contribution in [0.1, 0.15) is 11.1 Å². The highest BCUT2D eigenvalue weighted by Gasteiger charge is 2.29. The van der Waals surface area contributed by atoms with Gasteiger partial charge in [-0.1, -0.05) is 71.8 Å². The Kier molecular flexibility index (Phi) is 6.21. The molecule has 0 heterocycles. The first kappa shape index (κ1) is 24.5. The van der Waals surface area contributed by atoms with Crippen LogP contribution in [0, 0.1) is 13.8 Å². The molecule has 0 saturated heterocycles. The molecule has 0 aromatic heterocycles. The van der Waals surface area contributed by atoms with E-state index in [0.29, 0.717) is 44.2 Å². The molecule has 0 fully saturated rings. The van der Waals surface area contributed by atoms with Crippen molar-refractivity contribution in [3.8, 4) is 22.6 Å². The number of rotatable bonds is 5. The van der Waals surface area contributed by atoms with Crippen molar-refractivity contribution in [3.63, 3.8) is 0 Å². The van der Waals surface area contributed by atoms with Gasteiger partial charge in [0.15, 0.2) is 0 Å². The van der Waals surface area contributed by atoms with Crippen molar-refractivity contribution in [3.05, 3.63) is 106 Å². The normalized spacial score (nSPS) is 11.6. The van der Waals surface area contributed by atoms with E-state index >= 15 is 0 Å². The molecule has 0 aliphatic carbocycles. The first-order valence-electron chi connectivity index (χ1n) is 11.8. The molecule has 0 aliphatic heterocycles. The van der Waals surface area contributed by atoms with Crippen molar-refractivity contribution in [1.82, 2.24) is 0 Å². The summed E-state index contributed by atoms with van der Waals surface area (Å²) < 4.78 is 40.0. The van der Waals surface area contributed by atoms with Gasteiger partial charge in [-0.3, -0.25) is 4.79 Å². The zero-order valence-electron chi connectivity index (χ0n) is 21.0. The number of aryl methyl sites for hydroxylation is 2. The quantitative estimate of drug-likeness (QED) is 0.270.